The Hall–Kier alpha value is -0.550. The van der Waals surface area contributed by atoms with E-state index in [0.29, 0.717) is 15.6 Å². The molecule has 3 nitrogen and oxygen atoms in total. The molecule has 2 atom stereocenters. The minimum atomic E-state index is -1.94. The van der Waals surface area contributed by atoms with Crippen LogP contribution in [-0.4, -0.2) is 18.7 Å². The number of esters is 1. The van der Waals surface area contributed by atoms with Crippen LogP contribution in [0.1, 0.15) is 18.5 Å². The molecule has 0 heterocycles. The minimum absolute atomic E-state index is 0. The van der Waals surface area contributed by atoms with Gasteiger partial charge in [-0.2, -0.15) is 0 Å². The second-order valence-corrected chi connectivity index (χ2v) is 4.26. The molecule has 1 rings (SSSR count). The van der Waals surface area contributed by atoms with E-state index in [1.165, 1.54) is 18.2 Å². The summed E-state index contributed by atoms with van der Waals surface area (Å²) in [5.74, 6) is -0.990. The lowest BCUT2D eigenvalue weighted by Crippen LogP contribution is -2.31. The van der Waals surface area contributed by atoms with Gasteiger partial charge in [0.15, 0.2) is 0 Å². The predicted octanol–water partition coefficient (Wildman–Crippen LogP) is 3.32. The van der Waals surface area contributed by atoms with E-state index >= 15 is 0 Å². The van der Waals surface area contributed by atoms with Crippen molar-refractivity contribution in [1.82, 2.24) is 0 Å². The highest BCUT2D eigenvalue weighted by Crippen LogP contribution is 2.25. The van der Waals surface area contributed by atoms with E-state index in [1.807, 2.05) is 0 Å². The van der Waals surface area contributed by atoms with Crippen molar-refractivity contribution >= 4 is 41.6 Å². The van der Waals surface area contributed by atoms with E-state index in [0.717, 1.165) is 0 Å². The highest BCUT2D eigenvalue weighted by atomic mass is 35.5. The van der Waals surface area contributed by atoms with Crippen LogP contribution in [0.25, 0.3) is 0 Å². The number of carbonyl (C=O) groups excluding carboxylic acids is 1. The first kappa shape index (κ1) is 17.4. The van der Waals surface area contributed by atoms with Gasteiger partial charge in [-0.15, -0.1) is 12.4 Å². The van der Waals surface area contributed by atoms with E-state index in [1.54, 1.807) is 6.92 Å². The first-order valence-corrected chi connectivity index (χ1v) is 5.73. The van der Waals surface area contributed by atoms with Crippen molar-refractivity contribution in [1.29, 1.82) is 0 Å². The molecular weight excluding hydrogens is 303 g/mol. The molecule has 0 radical (unpaired) electrons. The fraction of sp³-hybridized carbons (Fsp3) is 0.364. The van der Waals surface area contributed by atoms with Gasteiger partial charge in [0.2, 0.25) is 6.17 Å². The molecule has 2 N–H and O–H groups in total. The monoisotopic (exact) mass is 315 g/mol. The Balaban J connectivity index is 0.00000289. The summed E-state index contributed by atoms with van der Waals surface area (Å²) in [6, 6.07) is 3.27. The smallest absolute Gasteiger partial charge is 0.342 e. The van der Waals surface area contributed by atoms with Gasteiger partial charge in [0.1, 0.15) is 0 Å². The van der Waals surface area contributed by atoms with Crippen molar-refractivity contribution in [2.24, 2.45) is 5.73 Å². The Morgan fingerprint density at radius 2 is 1.89 bits per heavy atom. The van der Waals surface area contributed by atoms with E-state index in [9.17, 15) is 9.18 Å². The van der Waals surface area contributed by atoms with Gasteiger partial charge in [0, 0.05) is 10.0 Å². The van der Waals surface area contributed by atoms with Crippen LogP contribution in [0.4, 0.5) is 4.39 Å². The van der Waals surface area contributed by atoms with E-state index in [2.05, 4.69) is 4.74 Å². The Labute approximate surface area is 121 Å². The maximum Gasteiger partial charge on any atom is 0.342 e. The third kappa shape index (κ3) is 4.61. The van der Waals surface area contributed by atoms with Gasteiger partial charge < -0.3 is 10.5 Å². The summed E-state index contributed by atoms with van der Waals surface area (Å²) in [7, 11) is 0. The zero-order valence-electron chi connectivity index (χ0n) is 9.53. The number of rotatable bonds is 4. The third-order valence-corrected chi connectivity index (χ3v) is 2.53. The van der Waals surface area contributed by atoms with Gasteiger partial charge in [-0.3, -0.25) is 0 Å². The molecule has 102 valence electrons. The lowest BCUT2D eigenvalue weighted by molar-refractivity contribution is -0.149. The molecule has 18 heavy (non-hydrogen) atoms. The molecule has 1 aromatic rings. The first-order valence-electron chi connectivity index (χ1n) is 4.98. The van der Waals surface area contributed by atoms with E-state index < -0.39 is 18.2 Å². The summed E-state index contributed by atoms with van der Waals surface area (Å²) in [6.45, 7) is 1.69. The molecule has 0 saturated carbocycles. The Kier molecular flexibility index (Phi) is 7.55. The normalized spacial score (nSPS) is 13.4. The number of alkyl halides is 1. The molecule has 0 fully saturated rings. The van der Waals surface area contributed by atoms with Crippen LogP contribution >= 0.6 is 35.6 Å². The molecule has 0 saturated heterocycles. The standard InChI is InChI=1S/C11H12Cl2FNO2.ClH/c1-2-17-11(16)9(14)10(15)6-3-7(12)5-8(13)4-6;/h3-5,9-10H,2,15H2,1H3;1H/t9?,10-;/m0./s1. The average Bonchev–Trinajstić information content (AvgIpc) is 2.26. The number of halogens is 4. The summed E-state index contributed by atoms with van der Waals surface area (Å²) < 4.78 is 18.2. The van der Waals surface area contributed by atoms with Crippen molar-refractivity contribution in [3.63, 3.8) is 0 Å². The SMILES string of the molecule is CCOC(=O)C(F)[C@@H](N)c1cc(Cl)cc(Cl)c1.Cl. The second-order valence-electron chi connectivity index (χ2n) is 3.38. The molecule has 0 spiro atoms. The highest BCUT2D eigenvalue weighted by molar-refractivity contribution is 6.34. The number of benzene rings is 1. The van der Waals surface area contributed by atoms with E-state index in [-0.39, 0.29) is 19.0 Å². The number of ether oxygens (including phenoxy) is 1. The Morgan fingerprint density at radius 1 is 1.39 bits per heavy atom. The molecule has 1 unspecified atom stereocenters. The molecular formula is C11H13Cl3FNO2. The fourth-order valence-electron chi connectivity index (χ4n) is 1.31. The average molecular weight is 317 g/mol. The number of carbonyl (C=O) groups is 1. The first-order chi connectivity index (χ1) is 7.95. The largest absolute Gasteiger partial charge is 0.464 e. The topological polar surface area (TPSA) is 52.3 Å². The molecule has 0 aromatic heterocycles. The van der Waals surface area contributed by atoms with E-state index in [4.69, 9.17) is 28.9 Å². The molecule has 1 aromatic carbocycles. The van der Waals surface area contributed by atoms with Gasteiger partial charge in [-0.05, 0) is 30.7 Å². The van der Waals surface area contributed by atoms with Crippen LogP contribution in [0, 0.1) is 0 Å². The summed E-state index contributed by atoms with van der Waals surface area (Å²) >= 11 is 11.5. The lowest BCUT2D eigenvalue weighted by atomic mass is 10.0. The number of hydrogen-bond donors (Lipinski definition) is 1. The van der Waals surface area contributed by atoms with Crippen LogP contribution in [-0.2, 0) is 9.53 Å². The maximum absolute atomic E-state index is 13.6. The van der Waals surface area contributed by atoms with Crippen molar-refractivity contribution in [3.8, 4) is 0 Å². The molecule has 0 amide bonds. The molecule has 0 bridgehead atoms. The summed E-state index contributed by atoms with van der Waals surface area (Å²) in [6.07, 6.45) is -1.94. The summed E-state index contributed by atoms with van der Waals surface area (Å²) in [4.78, 5) is 11.2. The number of nitrogens with two attached hydrogens (primary N) is 1. The van der Waals surface area contributed by atoms with Crippen molar-refractivity contribution in [2.45, 2.75) is 19.1 Å². The summed E-state index contributed by atoms with van der Waals surface area (Å²) in [5, 5.41) is 0.665. The number of hydrogen-bond acceptors (Lipinski definition) is 3. The molecule has 0 aliphatic carbocycles. The zero-order chi connectivity index (χ0) is 13.0. The van der Waals surface area contributed by atoms with Crippen molar-refractivity contribution in [2.75, 3.05) is 6.61 Å². The molecule has 7 heteroatoms. The predicted molar refractivity (Wildman–Crippen MR) is 72.2 cm³/mol. The van der Waals surface area contributed by atoms with Gasteiger partial charge in [0.05, 0.1) is 12.6 Å². The Bertz CT molecular complexity index is 397. The van der Waals surface area contributed by atoms with Crippen molar-refractivity contribution < 1.29 is 13.9 Å². The van der Waals surface area contributed by atoms with Gasteiger partial charge in [0.25, 0.3) is 0 Å². The second kappa shape index (κ2) is 7.79. The highest BCUT2D eigenvalue weighted by Gasteiger charge is 2.28. The van der Waals surface area contributed by atoms with Gasteiger partial charge >= 0.3 is 5.97 Å². The van der Waals surface area contributed by atoms with Crippen LogP contribution < -0.4 is 5.73 Å². The Morgan fingerprint density at radius 3 is 2.33 bits per heavy atom. The third-order valence-electron chi connectivity index (χ3n) is 2.10. The van der Waals surface area contributed by atoms with Gasteiger partial charge in [-0.25, -0.2) is 9.18 Å². The van der Waals surface area contributed by atoms with Crippen LogP contribution in [0.15, 0.2) is 18.2 Å². The summed E-state index contributed by atoms with van der Waals surface area (Å²) in [5.41, 5.74) is 5.96. The van der Waals surface area contributed by atoms with Crippen LogP contribution in [0.5, 0.6) is 0 Å². The van der Waals surface area contributed by atoms with Crippen LogP contribution in [0.3, 0.4) is 0 Å². The zero-order valence-corrected chi connectivity index (χ0v) is 11.9. The lowest BCUT2D eigenvalue weighted by Gasteiger charge is -2.16. The molecule has 0 aliphatic heterocycles. The minimum Gasteiger partial charge on any atom is -0.464 e. The fourth-order valence-corrected chi connectivity index (χ4v) is 1.85. The van der Waals surface area contributed by atoms with Crippen LogP contribution in [0.2, 0.25) is 10.0 Å². The maximum atomic E-state index is 13.6. The molecule has 0 aliphatic rings. The quantitative estimate of drug-likeness (QED) is 0.867. The van der Waals surface area contributed by atoms with Gasteiger partial charge in [-0.1, -0.05) is 23.2 Å². The van der Waals surface area contributed by atoms with Crippen molar-refractivity contribution in [3.05, 3.63) is 33.8 Å².